The van der Waals surface area contributed by atoms with Gasteiger partial charge < -0.3 is 25.7 Å². The van der Waals surface area contributed by atoms with E-state index in [-0.39, 0.29) is 12.0 Å². The molecule has 2 aromatic rings. The van der Waals surface area contributed by atoms with Crippen molar-refractivity contribution in [2.45, 2.75) is 6.42 Å². The van der Waals surface area contributed by atoms with Crippen molar-refractivity contribution in [3.8, 4) is 11.5 Å². The van der Waals surface area contributed by atoms with Crippen molar-refractivity contribution in [1.29, 1.82) is 0 Å². The number of hydrogen-bond donors (Lipinski definition) is 5. The van der Waals surface area contributed by atoms with Gasteiger partial charge in [0.05, 0.1) is 12.0 Å². The lowest BCUT2D eigenvalue weighted by atomic mass is 10.1. The Labute approximate surface area is 135 Å². The third-order valence-electron chi connectivity index (χ3n) is 3.16. The minimum atomic E-state index is -1.44. The molecule has 0 unspecified atom stereocenters. The predicted octanol–water partition coefficient (Wildman–Crippen LogP) is 1.68. The van der Waals surface area contributed by atoms with Gasteiger partial charge in [-0.2, -0.15) is 0 Å². The van der Waals surface area contributed by atoms with Crippen LogP contribution in [-0.4, -0.2) is 38.3 Å². The van der Waals surface area contributed by atoms with E-state index in [4.69, 9.17) is 10.2 Å². The molecule has 0 spiro atoms. The number of carboxylic acids is 2. The molecule has 1 amide bonds. The Morgan fingerprint density at radius 1 is 0.875 bits per heavy atom. The van der Waals surface area contributed by atoms with Crippen LogP contribution in [-0.2, 0) is 11.2 Å². The van der Waals surface area contributed by atoms with E-state index in [1.54, 1.807) is 0 Å². The molecular formula is C16H13NO7. The highest BCUT2D eigenvalue weighted by molar-refractivity contribution is 6.07. The maximum atomic E-state index is 12.1. The van der Waals surface area contributed by atoms with Crippen LogP contribution < -0.4 is 5.32 Å². The number of carbonyl (C=O) groups excluding carboxylic acids is 1. The van der Waals surface area contributed by atoms with Crippen LogP contribution in [0.25, 0.3) is 0 Å². The molecule has 2 rings (SSSR count). The molecule has 0 fully saturated rings. The van der Waals surface area contributed by atoms with E-state index in [1.807, 2.05) is 0 Å². The molecule has 0 bridgehead atoms. The minimum Gasteiger partial charge on any atom is -0.507 e. The van der Waals surface area contributed by atoms with Crippen LogP contribution in [0.5, 0.6) is 11.5 Å². The summed E-state index contributed by atoms with van der Waals surface area (Å²) in [4.78, 5) is 33.5. The molecule has 124 valence electrons. The molecular weight excluding hydrogens is 318 g/mol. The summed E-state index contributed by atoms with van der Waals surface area (Å²) in [5.41, 5.74) is 0.0660. The van der Waals surface area contributed by atoms with Gasteiger partial charge >= 0.3 is 11.9 Å². The van der Waals surface area contributed by atoms with Crippen molar-refractivity contribution in [3.05, 3.63) is 53.1 Å². The normalized spacial score (nSPS) is 10.2. The summed E-state index contributed by atoms with van der Waals surface area (Å²) < 4.78 is 0. The molecule has 24 heavy (non-hydrogen) atoms. The van der Waals surface area contributed by atoms with Crippen molar-refractivity contribution >= 4 is 23.5 Å². The molecule has 5 N–H and O–H groups in total. The molecule has 0 aliphatic heterocycles. The molecule has 0 saturated carbocycles. The van der Waals surface area contributed by atoms with Crippen molar-refractivity contribution in [3.63, 3.8) is 0 Å². The maximum absolute atomic E-state index is 12.1. The van der Waals surface area contributed by atoms with E-state index < -0.39 is 34.9 Å². The number of amides is 1. The number of carboxylic acid groups (broad SMARTS) is 2. The van der Waals surface area contributed by atoms with E-state index >= 15 is 0 Å². The quantitative estimate of drug-likeness (QED) is 0.524. The third-order valence-corrected chi connectivity index (χ3v) is 3.16. The first-order chi connectivity index (χ1) is 11.3. The molecule has 0 atom stereocenters. The summed E-state index contributed by atoms with van der Waals surface area (Å²) in [5.74, 6) is -4.42. The number of anilines is 1. The van der Waals surface area contributed by atoms with Crippen LogP contribution >= 0.6 is 0 Å². The Morgan fingerprint density at radius 2 is 1.42 bits per heavy atom. The third kappa shape index (κ3) is 3.80. The molecule has 0 aromatic heterocycles. The largest absolute Gasteiger partial charge is 0.507 e. The van der Waals surface area contributed by atoms with Gasteiger partial charge in [-0.05, 0) is 29.8 Å². The summed E-state index contributed by atoms with van der Waals surface area (Å²) in [7, 11) is 0. The lowest BCUT2D eigenvalue weighted by molar-refractivity contribution is -0.136. The molecule has 0 aliphatic rings. The van der Waals surface area contributed by atoms with Crippen LogP contribution in [0.2, 0.25) is 0 Å². The number of phenolic OH excluding ortho intramolecular Hbond substituents is 1. The minimum absolute atomic E-state index is 0.153. The average Bonchev–Trinajstić information content (AvgIpc) is 2.50. The average molecular weight is 331 g/mol. The zero-order valence-corrected chi connectivity index (χ0v) is 12.2. The van der Waals surface area contributed by atoms with Crippen LogP contribution in [0.4, 0.5) is 5.69 Å². The van der Waals surface area contributed by atoms with Crippen molar-refractivity contribution in [1.82, 2.24) is 0 Å². The standard InChI is InChI=1S/C16H13NO7/c18-12-7-11(16(23)24)13(19)6-10(12)15(22)17-9-3-1-8(2-4-9)5-14(20)21/h1-4,6-7,18-19H,5H2,(H,17,22)(H,20,21)(H,23,24). The molecule has 2 aromatic carbocycles. The Bertz CT molecular complexity index is 812. The molecule has 8 heteroatoms. The van der Waals surface area contributed by atoms with Crippen LogP contribution in [0.15, 0.2) is 36.4 Å². The second kappa shape index (κ2) is 6.69. The Kier molecular flexibility index (Phi) is 4.69. The van der Waals surface area contributed by atoms with Crippen LogP contribution in [0, 0.1) is 0 Å². The fourth-order valence-electron chi connectivity index (χ4n) is 2.01. The Balaban J connectivity index is 2.19. The fourth-order valence-corrected chi connectivity index (χ4v) is 2.01. The number of carbonyl (C=O) groups is 3. The van der Waals surface area contributed by atoms with Gasteiger partial charge in [0.15, 0.2) is 0 Å². The summed E-state index contributed by atoms with van der Waals surface area (Å²) >= 11 is 0. The molecule has 0 radical (unpaired) electrons. The van der Waals surface area contributed by atoms with Crippen LogP contribution in [0.1, 0.15) is 26.3 Å². The molecule has 0 heterocycles. The second-order valence-electron chi connectivity index (χ2n) is 4.91. The first-order valence-electron chi connectivity index (χ1n) is 6.69. The molecule has 0 saturated heterocycles. The first-order valence-corrected chi connectivity index (χ1v) is 6.69. The zero-order valence-electron chi connectivity index (χ0n) is 12.2. The van der Waals surface area contributed by atoms with E-state index in [2.05, 4.69) is 5.32 Å². The molecule has 0 aliphatic carbocycles. The summed E-state index contributed by atoms with van der Waals surface area (Å²) in [6.07, 6.45) is -0.153. The number of benzene rings is 2. The van der Waals surface area contributed by atoms with Gasteiger partial charge in [-0.1, -0.05) is 12.1 Å². The summed E-state index contributed by atoms with van der Waals surface area (Å²) in [6.45, 7) is 0. The van der Waals surface area contributed by atoms with Gasteiger partial charge in [0.1, 0.15) is 17.1 Å². The molecule has 8 nitrogen and oxygen atoms in total. The van der Waals surface area contributed by atoms with Crippen molar-refractivity contribution < 1.29 is 34.8 Å². The fraction of sp³-hybridized carbons (Fsp3) is 0.0625. The summed E-state index contributed by atoms with van der Waals surface area (Å²) in [6, 6.07) is 7.65. The smallest absolute Gasteiger partial charge is 0.339 e. The number of rotatable bonds is 5. The predicted molar refractivity (Wildman–Crippen MR) is 82.5 cm³/mol. The maximum Gasteiger partial charge on any atom is 0.339 e. The van der Waals surface area contributed by atoms with Gasteiger partial charge in [-0.25, -0.2) is 4.79 Å². The second-order valence-corrected chi connectivity index (χ2v) is 4.91. The van der Waals surface area contributed by atoms with Gasteiger partial charge in [-0.3, -0.25) is 9.59 Å². The van der Waals surface area contributed by atoms with Gasteiger partial charge in [0, 0.05) is 5.69 Å². The zero-order chi connectivity index (χ0) is 17.9. The number of hydrogen-bond acceptors (Lipinski definition) is 5. The van der Waals surface area contributed by atoms with Gasteiger partial charge in [0.25, 0.3) is 5.91 Å². The number of phenols is 2. The van der Waals surface area contributed by atoms with E-state index in [0.29, 0.717) is 11.3 Å². The highest BCUT2D eigenvalue weighted by atomic mass is 16.4. The van der Waals surface area contributed by atoms with Crippen LogP contribution in [0.3, 0.4) is 0 Å². The Morgan fingerprint density at radius 3 is 1.96 bits per heavy atom. The topological polar surface area (TPSA) is 144 Å². The number of aromatic hydroxyl groups is 2. The first kappa shape index (κ1) is 16.8. The number of aliphatic carboxylic acids is 1. The Hall–Kier alpha value is -3.55. The lowest BCUT2D eigenvalue weighted by Gasteiger charge is -2.09. The van der Waals surface area contributed by atoms with E-state index in [0.717, 1.165) is 12.1 Å². The van der Waals surface area contributed by atoms with Gasteiger partial charge in [0.2, 0.25) is 0 Å². The van der Waals surface area contributed by atoms with E-state index in [9.17, 15) is 24.6 Å². The summed E-state index contributed by atoms with van der Waals surface area (Å²) in [5, 5.41) is 39.3. The van der Waals surface area contributed by atoms with Crippen molar-refractivity contribution in [2.75, 3.05) is 5.32 Å². The monoisotopic (exact) mass is 331 g/mol. The van der Waals surface area contributed by atoms with Crippen molar-refractivity contribution in [2.24, 2.45) is 0 Å². The lowest BCUT2D eigenvalue weighted by Crippen LogP contribution is -2.13. The highest BCUT2D eigenvalue weighted by Crippen LogP contribution is 2.28. The van der Waals surface area contributed by atoms with Gasteiger partial charge in [-0.15, -0.1) is 0 Å². The van der Waals surface area contributed by atoms with E-state index in [1.165, 1.54) is 24.3 Å². The number of nitrogens with one attached hydrogen (secondary N) is 1. The SMILES string of the molecule is O=C(O)Cc1ccc(NC(=O)c2cc(O)c(C(=O)O)cc2O)cc1. The number of aromatic carboxylic acids is 1. The highest BCUT2D eigenvalue weighted by Gasteiger charge is 2.18.